The Morgan fingerprint density at radius 3 is 2.36 bits per heavy atom. The molecule has 0 saturated heterocycles. The summed E-state index contributed by atoms with van der Waals surface area (Å²) >= 11 is 3.02. The van der Waals surface area contributed by atoms with Crippen LogP contribution in [0.4, 0.5) is 18.9 Å². The van der Waals surface area contributed by atoms with Crippen LogP contribution in [0.25, 0.3) is 10.9 Å². The predicted molar refractivity (Wildman–Crippen MR) is 122 cm³/mol. The number of carbonyl (C=O) groups excluding carboxylic acids is 3. The Bertz CT molecular complexity index is 1220. The van der Waals surface area contributed by atoms with Crippen molar-refractivity contribution in [2.24, 2.45) is 0 Å². The first-order chi connectivity index (χ1) is 15.5. The van der Waals surface area contributed by atoms with E-state index in [1.165, 1.54) is 21.7 Å². The first-order valence-electron chi connectivity index (χ1n) is 10.1. The maximum Gasteiger partial charge on any atom is 0.416 e. The summed E-state index contributed by atoms with van der Waals surface area (Å²) in [5, 5.41) is 2.97. The van der Waals surface area contributed by atoms with Gasteiger partial charge in [-0.15, -0.1) is 0 Å². The molecule has 0 fully saturated rings. The highest BCUT2D eigenvalue weighted by molar-refractivity contribution is 9.10. The van der Waals surface area contributed by atoms with Crippen LogP contribution in [-0.4, -0.2) is 40.2 Å². The summed E-state index contributed by atoms with van der Waals surface area (Å²) in [4.78, 5) is 39.5. The molecule has 0 radical (unpaired) electrons. The van der Waals surface area contributed by atoms with E-state index in [1.54, 1.807) is 38.1 Å². The monoisotopic (exact) mass is 523 g/mol. The molecule has 6 nitrogen and oxygen atoms in total. The first-order valence-corrected chi connectivity index (χ1v) is 10.9. The molecule has 33 heavy (non-hydrogen) atoms. The van der Waals surface area contributed by atoms with Crippen molar-refractivity contribution in [3.63, 3.8) is 0 Å². The number of anilines is 1. The van der Waals surface area contributed by atoms with Gasteiger partial charge in [0.2, 0.25) is 5.91 Å². The van der Waals surface area contributed by atoms with Crippen LogP contribution in [0.3, 0.4) is 0 Å². The van der Waals surface area contributed by atoms with Gasteiger partial charge in [-0.1, -0.05) is 34.1 Å². The number of para-hydroxylation sites is 1. The van der Waals surface area contributed by atoms with Gasteiger partial charge in [-0.3, -0.25) is 14.4 Å². The lowest BCUT2D eigenvalue weighted by molar-refractivity contribution is -0.137. The van der Waals surface area contributed by atoms with Gasteiger partial charge < -0.3 is 14.8 Å². The molecule has 3 aromatic rings. The van der Waals surface area contributed by atoms with Gasteiger partial charge in [0.25, 0.3) is 11.7 Å². The summed E-state index contributed by atoms with van der Waals surface area (Å²) in [7, 11) is 0. The van der Waals surface area contributed by atoms with Crippen molar-refractivity contribution in [2.45, 2.75) is 26.6 Å². The van der Waals surface area contributed by atoms with Crippen molar-refractivity contribution in [3.05, 3.63) is 64.3 Å². The second kappa shape index (κ2) is 9.78. The number of halogens is 4. The third kappa shape index (κ3) is 5.44. The summed E-state index contributed by atoms with van der Waals surface area (Å²) in [5.74, 6) is -1.91. The molecule has 0 aliphatic heterocycles. The molecule has 0 spiro atoms. The molecule has 2 amide bonds. The van der Waals surface area contributed by atoms with Gasteiger partial charge >= 0.3 is 6.18 Å². The Labute approximate surface area is 196 Å². The molecule has 0 bridgehead atoms. The Kier molecular flexibility index (Phi) is 7.26. The number of fused-ring (bicyclic) bond motifs is 1. The SMILES string of the molecule is CCN(CC)C(=O)C(=O)c1cn(CC(=O)Nc2cc(Br)cc(C(F)(F)F)c2)c2ccccc12. The molecule has 0 saturated carbocycles. The topological polar surface area (TPSA) is 71.4 Å². The second-order valence-corrected chi connectivity index (χ2v) is 8.18. The highest BCUT2D eigenvalue weighted by atomic mass is 79.9. The zero-order valence-electron chi connectivity index (χ0n) is 17.9. The first kappa shape index (κ1) is 24.5. The number of alkyl halides is 3. The minimum Gasteiger partial charge on any atom is -0.337 e. The maximum atomic E-state index is 13.1. The van der Waals surface area contributed by atoms with E-state index < -0.39 is 29.3 Å². The standard InChI is InChI=1S/C23H21BrF3N3O3/c1-3-29(4-2)22(33)21(32)18-12-30(19-8-6-5-7-17(18)19)13-20(31)28-16-10-14(23(25,26)27)9-15(24)11-16/h5-12H,3-4,13H2,1-2H3,(H,28,31). The molecule has 10 heteroatoms. The fraction of sp³-hybridized carbons (Fsp3) is 0.261. The second-order valence-electron chi connectivity index (χ2n) is 7.27. The fourth-order valence-corrected chi connectivity index (χ4v) is 4.00. The van der Waals surface area contributed by atoms with Gasteiger partial charge in [-0.25, -0.2) is 0 Å². The van der Waals surface area contributed by atoms with E-state index >= 15 is 0 Å². The van der Waals surface area contributed by atoms with Gasteiger partial charge in [0.05, 0.1) is 11.1 Å². The molecule has 1 heterocycles. The van der Waals surface area contributed by atoms with Crippen molar-refractivity contribution >= 4 is 50.1 Å². The average molecular weight is 524 g/mol. The van der Waals surface area contributed by atoms with Crippen LogP contribution in [0.15, 0.2) is 53.1 Å². The normalized spacial score (nSPS) is 11.5. The van der Waals surface area contributed by atoms with E-state index in [1.807, 2.05) is 0 Å². The molecule has 3 rings (SSSR count). The van der Waals surface area contributed by atoms with Gasteiger partial charge in [0.15, 0.2) is 0 Å². The van der Waals surface area contributed by atoms with Crippen LogP contribution in [-0.2, 0) is 22.3 Å². The van der Waals surface area contributed by atoms with Gasteiger partial charge in [0, 0.05) is 40.3 Å². The summed E-state index contributed by atoms with van der Waals surface area (Å²) < 4.78 is 40.8. The van der Waals surface area contributed by atoms with E-state index in [2.05, 4.69) is 21.2 Å². The molecule has 2 aromatic carbocycles. The Balaban J connectivity index is 1.89. The zero-order chi connectivity index (χ0) is 24.3. The van der Waals surface area contributed by atoms with E-state index in [0.717, 1.165) is 12.1 Å². The third-order valence-electron chi connectivity index (χ3n) is 5.10. The maximum absolute atomic E-state index is 13.1. The number of carbonyl (C=O) groups is 3. The highest BCUT2D eigenvalue weighted by Crippen LogP contribution is 2.33. The van der Waals surface area contributed by atoms with Crippen molar-refractivity contribution < 1.29 is 27.6 Å². The average Bonchev–Trinajstić information content (AvgIpc) is 3.11. The summed E-state index contributed by atoms with van der Waals surface area (Å²) in [6.45, 7) is 4.05. The Morgan fingerprint density at radius 2 is 1.73 bits per heavy atom. The molecule has 0 aliphatic rings. The lowest BCUT2D eigenvalue weighted by Gasteiger charge is -2.17. The summed E-state index contributed by atoms with van der Waals surface area (Å²) in [6.07, 6.45) is -3.14. The van der Waals surface area contributed by atoms with Crippen LogP contribution < -0.4 is 5.32 Å². The minimum atomic E-state index is -4.56. The summed E-state index contributed by atoms with van der Waals surface area (Å²) in [5.41, 5.74) is -0.210. The number of amides is 2. The number of rotatable bonds is 7. The summed E-state index contributed by atoms with van der Waals surface area (Å²) in [6, 6.07) is 9.93. The number of aromatic nitrogens is 1. The smallest absolute Gasteiger partial charge is 0.337 e. The number of hydrogen-bond donors (Lipinski definition) is 1. The van der Waals surface area contributed by atoms with E-state index in [-0.39, 0.29) is 22.3 Å². The lowest BCUT2D eigenvalue weighted by atomic mass is 10.1. The Hall–Kier alpha value is -3.14. The largest absolute Gasteiger partial charge is 0.416 e. The molecule has 1 aromatic heterocycles. The number of nitrogens with zero attached hydrogens (tertiary/aromatic N) is 2. The molecular formula is C23H21BrF3N3O3. The number of likely N-dealkylation sites (N-methyl/N-ethyl adjacent to an activating group) is 1. The highest BCUT2D eigenvalue weighted by Gasteiger charge is 2.31. The quantitative estimate of drug-likeness (QED) is 0.345. The van der Waals surface area contributed by atoms with Gasteiger partial charge in [0.1, 0.15) is 6.54 Å². The molecule has 1 N–H and O–H groups in total. The number of benzene rings is 2. The number of ketones is 1. The lowest BCUT2D eigenvalue weighted by Crippen LogP contribution is -2.36. The van der Waals surface area contributed by atoms with Gasteiger partial charge in [-0.2, -0.15) is 13.2 Å². The van der Waals surface area contributed by atoms with Crippen LogP contribution >= 0.6 is 15.9 Å². The van der Waals surface area contributed by atoms with E-state index in [4.69, 9.17) is 0 Å². The Morgan fingerprint density at radius 1 is 1.06 bits per heavy atom. The molecule has 0 atom stereocenters. The zero-order valence-corrected chi connectivity index (χ0v) is 19.5. The molecule has 0 aliphatic carbocycles. The van der Waals surface area contributed by atoms with E-state index in [9.17, 15) is 27.6 Å². The number of nitrogens with one attached hydrogen (secondary N) is 1. The van der Waals surface area contributed by atoms with Crippen LogP contribution in [0.2, 0.25) is 0 Å². The number of Topliss-reactive ketones (excluding diaryl/α,β-unsaturated/α-hetero) is 1. The van der Waals surface area contributed by atoms with Crippen molar-refractivity contribution in [1.82, 2.24) is 9.47 Å². The molecule has 174 valence electrons. The number of hydrogen-bond acceptors (Lipinski definition) is 3. The van der Waals surface area contributed by atoms with Crippen molar-refractivity contribution in [2.75, 3.05) is 18.4 Å². The predicted octanol–water partition coefficient (Wildman–Crippen LogP) is 5.11. The van der Waals surface area contributed by atoms with Crippen LogP contribution in [0, 0.1) is 0 Å². The molecular weight excluding hydrogens is 503 g/mol. The van der Waals surface area contributed by atoms with Gasteiger partial charge in [-0.05, 0) is 38.1 Å². The fourth-order valence-electron chi connectivity index (χ4n) is 3.51. The molecule has 0 unspecified atom stereocenters. The van der Waals surface area contributed by atoms with E-state index in [0.29, 0.717) is 24.0 Å². The third-order valence-corrected chi connectivity index (χ3v) is 5.56. The van der Waals surface area contributed by atoms with Crippen molar-refractivity contribution in [1.29, 1.82) is 0 Å². The minimum absolute atomic E-state index is 0.0221. The van der Waals surface area contributed by atoms with Crippen molar-refractivity contribution in [3.8, 4) is 0 Å². The van der Waals surface area contributed by atoms with Crippen LogP contribution in [0.5, 0.6) is 0 Å². The van der Waals surface area contributed by atoms with Crippen LogP contribution in [0.1, 0.15) is 29.8 Å².